The molecule has 2 heterocycles. The van der Waals surface area contributed by atoms with Crippen molar-refractivity contribution in [1.29, 1.82) is 5.26 Å². The number of ether oxygens (including phenoxy) is 1. The number of anilines is 1. The molecule has 0 unspecified atom stereocenters. The molecule has 0 bridgehead atoms. The second-order valence-electron chi connectivity index (χ2n) is 6.86. The number of methoxy groups -OCH3 is 1. The van der Waals surface area contributed by atoms with Gasteiger partial charge in [-0.15, -0.1) is 11.3 Å². The molecule has 0 fully saturated rings. The monoisotopic (exact) mass is 412 g/mol. The van der Waals surface area contributed by atoms with Gasteiger partial charge in [0.2, 0.25) is 0 Å². The number of rotatable bonds is 6. The van der Waals surface area contributed by atoms with Gasteiger partial charge in [-0.05, 0) is 48.9 Å². The number of aromatic nitrogens is 2. The van der Waals surface area contributed by atoms with E-state index in [9.17, 15) is 0 Å². The minimum Gasteiger partial charge on any atom is -0.495 e. The molecule has 0 radical (unpaired) electrons. The maximum absolute atomic E-state index is 8.92. The highest BCUT2D eigenvalue weighted by molar-refractivity contribution is 7.19. The fourth-order valence-corrected chi connectivity index (χ4v) is 5.18. The number of halogens is 1. The zero-order chi connectivity index (χ0) is 19.5. The first kappa shape index (κ1) is 19.0. The molecule has 4 rings (SSSR count). The van der Waals surface area contributed by atoms with Gasteiger partial charge in [0, 0.05) is 24.3 Å². The van der Waals surface area contributed by atoms with E-state index in [0.29, 0.717) is 30.2 Å². The van der Waals surface area contributed by atoms with Crippen LogP contribution in [0.4, 0.5) is 5.82 Å². The van der Waals surface area contributed by atoms with Crippen molar-refractivity contribution in [2.24, 2.45) is 0 Å². The number of aryl methyl sites for hydroxylation is 3. The summed E-state index contributed by atoms with van der Waals surface area (Å²) >= 11 is 8.04. The normalized spacial score (nSPS) is 13.2. The molecule has 0 saturated heterocycles. The third-order valence-corrected chi connectivity index (χ3v) is 6.48. The van der Waals surface area contributed by atoms with Crippen LogP contribution in [0, 0.1) is 11.3 Å². The molecule has 1 N–H and O–H groups in total. The first-order valence-electron chi connectivity index (χ1n) is 9.44. The summed E-state index contributed by atoms with van der Waals surface area (Å²) in [6.07, 6.45) is 5.64. The molecule has 0 aliphatic heterocycles. The van der Waals surface area contributed by atoms with E-state index in [1.54, 1.807) is 18.4 Å². The van der Waals surface area contributed by atoms with Crippen molar-refractivity contribution in [2.75, 3.05) is 12.4 Å². The lowest BCUT2D eigenvalue weighted by atomic mass is 9.97. The molecule has 144 valence electrons. The molecule has 28 heavy (non-hydrogen) atoms. The fourth-order valence-electron chi connectivity index (χ4n) is 3.61. The zero-order valence-corrected chi connectivity index (χ0v) is 17.3. The SMILES string of the molecule is COc1ccc(CNc2nc(CCC#N)nc3sc4c(c23)CCCC4)cc1Cl. The Morgan fingerprint density at radius 3 is 2.93 bits per heavy atom. The molecule has 0 amide bonds. The van der Waals surface area contributed by atoms with Gasteiger partial charge in [-0.2, -0.15) is 5.26 Å². The first-order valence-corrected chi connectivity index (χ1v) is 10.6. The van der Waals surface area contributed by atoms with Gasteiger partial charge in [0.25, 0.3) is 0 Å². The van der Waals surface area contributed by atoms with Crippen LogP contribution in [-0.4, -0.2) is 17.1 Å². The second-order valence-corrected chi connectivity index (χ2v) is 8.35. The van der Waals surface area contributed by atoms with Crippen molar-refractivity contribution in [1.82, 2.24) is 9.97 Å². The topological polar surface area (TPSA) is 70.8 Å². The van der Waals surface area contributed by atoms with Gasteiger partial charge in [0.15, 0.2) is 0 Å². The summed E-state index contributed by atoms with van der Waals surface area (Å²) < 4.78 is 5.23. The molecular formula is C21H21ClN4OS. The van der Waals surface area contributed by atoms with Gasteiger partial charge < -0.3 is 10.1 Å². The quantitative estimate of drug-likeness (QED) is 0.594. The summed E-state index contributed by atoms with van der Waals surface area (Å²) in [5.41, 5.74) is 2.45. The molecular weight excluding hydrogens is 392 g/mol. The summed E-state index contributed by atoms with van der Waals surface area (Å²) in [7, 11) is 1.61. The number of nitriles is 1. The van der Waals surface area contributed by atoms with Crippen molar-refractivity contribution in [3.05, 3.63) is 45.1 Å². The van der Waals surface area contributed by atoms with Gasteiger partial charge >= 0.3 is 0 Å². The van der Waals surface area contributed by atoms with Crippen molar-refractivity contribution in [3.63, 3.8) is 0 Å². The minimum atomic E-state index is 0.421. The van der Waals surface area contributed by atoms with Gasteiger partial charge in [0.05, 0.1) is 23.6 Å². The summed E-state index contributed by atoms with van der Waals surface area (Å²) in [6, 6.07) is 7.96. The van der Waals surface area contributed by atoms with Crippen LogP contribution in [0.15, 0.2) is 18.2 Å². The Kier molecular flexibility index (Phi) is 5.65. The van der Waals surface area contributed by atoms with Crippen LogP contribution in [-0.2, 0) is 25.8 Å². The molecule has 3 aromatic rings. The van der Waals surface area contributed by atoms with Crippen molar-refractivity contribution < 1.29 is 4.74 Å². The number of nitrogens with zero attached hydrogens (tertiary/aromatic N) is 3. The van der Waals surface area contributed by atoms with Crippen LogP contribution >= 0.6 is 22.9 Å². The maximum atomic E-state index is 8.92. The third kappa shape index (κ3) is 3.78. The maximum Gasteiger partial charge on any atom is 0.139 e. The molecule has 1 aliphatic rings. The summed E-state index contributed by atoms with van der Waals surface area (Å²) in [5, 5.41) is 14.2. The third-order valence-electron chi connectivity index (χ3n) is 5.00. The highest BCUT2D eigenvalue weighted by Gasteiger charge is 2.21. The Labute approximate surface area is 173 Å². The number of fused-ring (bicyclic) bond motifs is 3. The first-order chi connectivity index (χ1) is 13.7. The Balaban J connectivity index is 1.68. The van der Waals surface area contributed by atoms with Crippen LogP contribution in [0.5, 0.6) is 5.75 Å². The molecule has 0 spiro atoms. The van der Waals surface area contributed by atoms with E-state index in [2.05, 4.69) is 11.4 Å². The van der Waals surface area contributed by atoms with Gasteiger partial charge in [-0.1, -0.05) is 17.7 Å². The van der Waals surface area contributed by atoms with Crippen molar-refractivity contribution >= 4 is 39.0 Å². The van der Waals surface area contributed by atoms with Crippen LogP contribution in [0.25, 0.3) is 10.2 Å². The predicted octanol–water partition coefficient (Wildman–Crippen LogP) is 5.30. The molecule has 5 nitrogen and oxygen atoms in total. The summed E-state index contributed by atoms with van der Waals surface area (Å²) in [4.78, 5) is 12.0. The largest absolute Gasteiger partial charge is 0.495 e. The van der Waals surface area contributed by atoms with Crippen LogP contribution in [0.1, 0.15) is 41.1 Å². The number of benzene rings is 1. The molecule has 2 aromatic heterocycles. The van der Waals surface area contributed by atoms with E-state index >= 15 is 0 Å². The fraction of sp³-hybridized carbons (Fsp3) is 0.381. The molecule has 0 atom stereocenters. The smallest absolute Gasteiger partial charge is 0.139 e. The summed E-state index contributed by atoms with van der Waals surface area (Å²) in [5.74, 6) is 2.26. The number of hydrogen-bond donors (Lipinski definition) is 1. The van der Waals surface area contributed by atoms with E-state index in [4.69, 9.17) is 31.6 Å². The van der Waals surface area contributed by atoms with E-state index in [0.717, 1.165) is 40.3 Å². The molecule has 1 aromatic carbocycles. The lowest BCUT2D eigenvalue weighted by Gasteiger charge is -2.14. The molecule has 7 heteroatoms. The Bertz CT molecular complexity index is 1060. The molecule has 1 aliphatic carbocycles. The lowest BCUT2D eigenvalue weighted by Crippen LogP contribution is -2.07. The van der Waals surface area contributed by atoms with E-state index in [-0.39, 0.29) is 0 Å². The van der Waals surface area contributed by atoms with Crippen LogP contribution in [0.2, 0.25) is 5.02 Å². The zero-order valence-electron chi connectivity index (χ0n) is 15.7. The Morgan fingerprint density at radius 2 is 2.14 bits per heavy atom. The van der Waals surface area contributed by atoms with Gasteiger partial charge in [-0.3, -0.25) is 0 Å². The van der Waals surface area contributed by atoms with E-state index in [1.165, 1.54) is 23.3 Å². The Hall–Kier alpha value is -2.36. The van der Waals surface area contributed by atoms with E-state index in [1.807, 2.05) is 18.2 Å². The van der Waals surface area contributed by atoms with Crippen molar-refractivity contribution in [2.45, 2.75) is 45.1 Å². The van der Waals surface area contributed by atoms with Crippen LogP contribution in [0.3, 0.4) is 0 Å². The average Bonchev–Trinajstić information content (AvgIpc) is 3.09. The predicted molar refractivity (Wildman–Crippen MR) is 113 cm³/mol. The van der Waals surface area contributed by atoms with E-state index < -0.39 is 0 Å². The number of nitrogens with one attached hydrogen (secondary N) is 1. The van der Waals surface area contributed by atoms with Crippen molar-refractivity contribution in [3.8, 4) is 11.8 Å². The lowest BCUT2D eigenvalue weighted by molar-refractivity contribution is 0.415. The Morgan fingerprint density at radius 1 is 1.29 bits per heavy atom. The highest BCUT2D eigenvalue weighted by atomic mass is 35.5. The average molecular weight is 413 g/mol. The minimum absolute atomic E-state index is 0.421. The van der Waals surface area contributed by atoms with Gasteiger partial charge in [-0.25, -0.2) is 9.97 Å². The highest BCUT2D eigenvalue weighted by Crippen LogP contribution is 2.39. The van der Waals surface area contributed by atoms with Gasteiger partial charge in [0.1, 0.15) is 22.2 Å². The standard InChI is InChI=1S/C21H21ClN4OS/c1-27-16-9-8-13(11-15(16)22)12-24-20-19-14-5-2-3-6-17(14)28-21(19)26-18(25-20)7-4-10-23/h8-9,11H,2-7,12H2,1H3,(H,24,25,26). The number of hydrogen-bond acceptors (Lipinski definition) is 6. The summed E-state index contributed by atoms with van der Waals surface area (Å²) in [6.45, 7) is 0.609. The van der Waals surface area contributed by atoms with Crippen LogP contribution < -0.4 is 10.1 Å². The second kappa shape index (κ2) is 8.34. The number of thiophene rings is 1. The molecule has 0 saturated carbocycles.